The maximum absolute atomic E-state index is 11.0. The minimum Gasteiger partial charge on any atom is -0.398 e. The Morgan fingerprint density at radius 1 is 1.50 bits per heavy atom. The monoisotopic (exact) mass is 257 g/mol. The summed E-state index contributed by atoms with van der Waals surface area (Å²) in [4.78, 5) is 21.2. The lowest BCUT2D eigenvalue weighted by molar-refractivity contribution is -0.105. The highest BCUT2D eigenvalue weighted by Crippen LogP contribution is 2.27. The van der Waals surface area contributed by atoms with Gasteiger partial charge in [0.05, 0.1) is 11.3 Å². The first kappa shape index (κ1) is 10.5. The number of hydrogen-bond donors (Lipinski definition) is 3. The lowest BCUT2D eigenvalue weighted by atomic mass is 10.1. The summed E-state index contributed by atoms with van der Waals surface area (Å²) in [5.41, 5.74) is 11.5. The fourth-order valence-electron chi connectivity index (χ4n) is 0.977. The van der Waals surface area contributed by atoms with Crippen molar-refractivity contribution < 1.29 is 9.59 Å². The minimum absolute atomic E-state index is 0.179. The average Bonchev–Trinajstić information content (AvgIpc) is 2.11. The van der Waals surface area contributed by atoms with Gasteiger partial charge < -0.3 is 16.8 Å². The van der Waals surface area contributed by atoms with Gasteiger partial charge in [-0.05, 0) is 28.1 Å². The Labute approximate surface area is 88.6 Å². The van der Waals surface area contributed by atoms with Gasteiger partial charge in [-0.1, -0.05) is 0 Å². The van der Waals surface area contributed by atoms with Crippen LogP contribution in [-0.2, 0) is 4.79 Å². The lowest BCUT2D eigenvalue weighted by Gasteiger charge is -2.07. The molecule has 0 atom stereocenters. The molecule has 2 amide bonds. The summed E-state index contributed by atoms with van der Waals surface area (Å²) in [7, 11) is 0. The second kappa shape index (κ2) is 4.10. The smallest absolute Gasteiger partial charge is 0.250 e. The van der Waals surface area contributed by atoms with Crippen LogP contribution in [0, 0.1) is 0 Å². The first-order valence-electron chi connectivity index (χ1n) is 3.65. The van der Waals surface area contributed by atoms with E-state index in [0.717, 1.165) is 0 Å². The number of carbonyl (C=O) groups is 2. The van der Waals surface area contributed by atoms with Crippen molar-refractivity contribution >= 4 is 39.6 Å². The molecule has 0 aromatic heterocycles. The van der Waals surface area contributed by atoms with E-state index < -0.39 is 5.91 Å². The van der Waals surface area contributed by atoms with Gasteiger partial charge in [0.1, 0.15) is 0 Å². The number of halogens is 1. The Morgan fingerprint density at radius 3 is 2.64 bits per heavy atom. The summed E-state index contributed by atoms with van der Waals surface area (Å²) < 4.78 is 0.590. The van der Waals surface area contributed by atoms with Gasteiger partial charge in [0.2, 0.25) is 6.41 Å². The Hall–Kier alpha value is -1.56. The molecule has 5 nitrogen and oxygen atoms in total. The lowest BCUT2D eigenvalue weighted by Crippen LogP contribution is -2.14. The average molecular weight is 258 g/mol. The third kappa shape index (κ3) is 2.02. The minimum atomic E-state index is -0.645. The van der Waals surface area contributed by atoms with E-state index in [-0.39, 0.29) is 5.56 Å². The van der Waals surface area contributed by atoms with Gasteiger partial charge in [0, 0.05) is 10.2 Å². The molecule has 0 unspecified atom stereocenters. The predicted molar refractivity (Wildman–Crippen MR) is 56.8 cm³/mol. The van der Waals surface area contributed by atoms with Gasteiger partial charge in [-0.25, -0.2) is 0 Å². The number of rotatable bonds is 3. The van der Waals surface area contributed by atoms with Crippen LogP contribution in [0.5, 0.6) is 0 Å². The summed E-state index contributed by atoms with van der Waals surface area (Å²) in [5.74, 6) is -0.645. The third-order valence-electron chi connectivity index (χ3n) is 1.62. The third-order valence-corrected chi connectivity index (χ3v) is 2.30. The van der Waals surface area contributed by atoms with Crippen LogP contribution in [0.1, 0.15) is 10.4 Å². The van der Waals surface area contributed by atoms with Crippen molar-refractivity contribution in [3.63, 3.8) is 0 Å². The number of nitrogens with two attached hydrogens (primary N) is 2. The molecule has 1 aromatic rings. The molecule has 0 aliphatic rings. The number of nitrogen functional groups attached to an aromatic ring is 1. The first-order chi connectivity index (χ1) is 6.56. The standard InChI is InChI=1S/C8H8BrN3O2/c9-5-2-7(12-3-13)4(8(11)14)1-6(5)10/h1-3H,10H2,(H2,11,14)(H,12,13). The molecule has 0 saturated carbocycles. The zero-order chi connectivity index (χ0) is 10.7. The van der Waals surface area contributed by atoms with Crippen LogP contribution < -0.4 is 16.8 Å². The molecule has 74 valence electrons. The normalized spacial score (nSPS) is 9.50. The van der Waals surface area contributed by atoms with Crippen molar-refractivity contribution in [3.05, 3.63) is 22.2 Å². The van der Waals surface area contributed by atoms with Crippen LogP contribution in [0.2, 0.25) is 0 Å². The van der Waals surface area contributed by atoms with Gasteiger partial charge in [-0.3, -0.25) is 9.59 Å². The highest BCUT2D eigenvalue weighted by molar-refractivity contribution is 9.10. The Bertz CT molecular complexity index is 392. The molecule has 0 aliphatic carbocycles. The van der Waals surface area contributed by atoms with Crippen molar-refractivity contribution in [1.82, 2.24) is 0 Å². The van der Waals surface area contributed by atoms with Crippen molar-refractivity contribution in [1.29, 1.82) is 0 Å². The van der Waals surface area contributed by atoms with Crippen molar-refractivity contribution in [2.24, 2.45) is 5.73 Å². The van der Waals surface area contributed by atoms with Gasteiger partial charge in [-0.2, -0.15) is 0 Å². The predicted octanol–water partition coefficient (Wildman–Crippen LogP) is 0.698. The number of hydrogen-bond acceptors (Lipinski definition) is 3. The molecular formula is C8H8BrN3O2. The van der Waals surface area contributed by atoms with E-state index in [1.807, 2.05) is 0 Å². The van der Waals surface area contributed by atoms with Crippen LogP contribution in [0.25, 0.3) is 0 Å². The van der Waals surface area contributed by atoms with Gasteiger partial charge in [0.25, 0.3) is 5.91 Å². The molecule has 0 fully saturated rings. The molecule has 0 heterocycles. The van der Waals surface area contributed by atoms with E-state index in [4.69, 9.17) is 11.5 Å². The fraction of sp³-hybridized carbons (Fsp3) is 0. The molecule has 0 spiro atoms. The number of benzene rings is 1. The number of nitrogens with one attached hydrogen (secondary N) is 1. The maximum Gasteiger partial charge on any atom is 0.250 e. The van der Waals surface area contributed by atoms with E-state index in [9.17, 15) is 9.59 Å². The maximum atomic E-state index is 11.0. The molecule has 6 heteroatoms. The molecule has 0 saturated heterocycles. The summed E-state index contributed by atoms with van der Waals surface area (Å²) in [6.07, 6.45) is 0.463. The second-order valence-electron chi connectivity index (χ2n) is 2.55. The van der Waals surface area contributed by atoms with Gasteiger partial charge >= 0.3 is 0 Å². The summed E-state index contributed by atoms with van der Waals surface area (Å²) in [5, 5.41) is 2.36. The van der Waals surface area contributed by atoms with Crippen molar-refractivity contribution in [2.75, 3.05) is 11.1 Å². The molecule has 5 N–H and O–H groups in total. The van der Waals surface area contributed by atoms with Crippen LogP contribution >= 0.6 is 15.9 Å². The van der Waals surface area contributed by atoms with Crippen molar-refractivity contribution in [3.8, 4) is 0 Å². The molecule has 14 heavy (non-hydrogen) atoms. The molecule has 0 aliphatic heterocycles. The quantitative estimate of drug-likeness (QED) is 0.549. The van der Waals surface area contributed by atoms with Crippen LogP contribution in [0.3, 0.4) is 0 Å². The highest BCUT2D eigenvalue weighted by Gasteiger charge is 2.10. The highest BCUT2D eigenvalue weighted by atomic mass is 79.9. The zero-order valence-corrected chi connectivity index (χ0v) is 8.67. The Kier molecular flexibility index (Phi) is 3.08. The summed E-state index contributed by atoms with van der Waals surface area (Å²) in [6.45, 7) is 0. The largest absolute Gasteiger partial charge is 0.398 e. The second-order valence-corrected chi connectivity index (χ2v) is 3.40. The number of anilines is 2. The first-order valence-corrected chi connectivity index (χ1v) is 4.44. The molecule has 1 rings (SSSR count). The zero-order valence-electron chi connectivity index (χ0n) is 7.08. The summed E-state index contributed by atoms with van der Waals surface area (Å²) in [6, 6.07) is 2.92. The van der Waals surface area contributed by atoms with Gasteiger partial charge in [0.15, 0.2) is 0 Å². The fourth-order valence-corrected chi connectivity index (χ4v) is 1.32. The number of primary amides is 1. The van der Waals surface area contributed by atoms with E-state index in [1.165, 1.54) is 12.1 Å². The summed E-state index contributed by atoms with van der Waals surface area (Å²) >= 11 is 3.17. The van der Waals surface area contributed by atoms with Crippen LogP contribution in [0.4, 0.5) is 11.4 Å². The van der Waals surface area contributed by atoms with E-state index in [0.29, 0.717) is 22.3 Å². The molecular weight excluding hydrogens is 250 g/mol. The van der Waals surface area contributed by atoms with Gasteiger partial charge in [-0.15, -0.1) is 0 Å². The SMILES string of the molecule is NC(=O)c1cc(N)c(Br)cc1NC=O. The van der Waals surface area contributed by atoms with E-state index >= 15 is 0 Å². The van der Waals surface area contributed by atoms with Crippen LogP contribution in [0.15, 0.2) is 16.6 Å². The Morgan fingerprint density at radius 2 is 2.14 bits per heavy atom. The number of carbonyl (C=O) groups excluding carboxylic acids is 2. The van der Waals surface area contributed by atoms with Crippen molar-refractivity contribution in [2.45, 2.75) is 0 Å². The molecule has 0 radical (unpaired) electrons. The van der Waals surface area contributed by atoms with Crippen LogP contribution in [-0.4, -0.2) is 12.3 Å². The topological polar surface area (TPSA) is 98.2 Å². The molecule has 1 aromatic carbocycles. The van der Waals surface area contributed by atoms with E-state index in [1.54, 1.807) is 0 Å². The van der Waals surface area contributed by atoms with E-state index in [2.05, 4.69) is 21.2 Å². The Balaban J connectivity index is 3.30. The molecule has 0 bridgehead atoms. The number of amides is 2.